The van der Waals surface area contributed by atoms with Crippen LogP contribution >= 0.6 is 0 Å². The van der Waals surface area contributed by atoms with Crippen molar-refractivity contribution in [2.75, 3.05) is 44.2 Å². The number of benzene rings is 1. The Morgan fingerprint density at radius 3 is 2.48 bits per heavy atom. The monoisotopic (exact) mass is 357 g/mol. The minimum absolute atomic E-state index is 0.00370. The number of hydrogen-bond acceptors (Lipinski definition) is 3. The normalized spacial score (nSPS) is 16.3. The van der Waals surface area contributed by atoms with Gasteiger partial charge in [-0.15, -0.1) is 0 Å². The van der Waals surface area contributed by atoms with Gasteiger partial charge in [-0.05, 0) is 31.2 Å². The van der Waals surface area contributed by atoms with E-state index in [-0.39, 0.29) is 11.8 Å². The lowest BCUT2D eigenvalue weighted by molar-refractivity contribution is -0.137. The van der Waals surface area contributed by atoms with Crippen LogP contribution in [-0.4, -0.2) is 50.1 Å². The standard InChI is InChI=1S/C18H26F3N3O/c1-14(2)17(25)22-7-4-8-23-9-11-24(12-10-23)16-6-3-5-15(13-16)18(19,20)21/h3,5-6,13-14H,4,7-12H2,1-2H3,(H,22,25). The Bertz CT molecular complexity index is 567. The summed E-state index contributed by atoms with van der Waals surface area (Å²) in [7, 11) is 0. The van der Waals surface area contributed by atoms with Gasteiger partial charge >= 0.3 is 6.18 Å². The van der Waals surface area contributed by atoms with Gasteiger partial charge in [0.25, 0.3) is 0 Å². The molecule has 1 aromatic rings. The maximum Gasteiger partial charge on any atom is 0.416 e. The second kappa shape index (κ2) is 8.56. The van der Waals surface area contributed by atoms with Crippen molar-refractivity contribution in [2.45, 2.75) is 26.4 Å². The molecule has 0 unspecified atom stereocenters. The summed E-state index contributed by atoms with van der Waals surface area (Å²) in [6.45, 7) is 8.31. The van der Waals surface area contributed by atoms with Gasteiger partial charge < -0.3 is 10.2 Å². The molecule has 0 aliphatic carbocycles. The number of amides is 1. The number of piperazine rings is 1. The lowest BCUT2D eigenvalue weighted by Crippen LogP contribution is -2.47. The van der Waals surface area contributed by atoms with Crippen LogP contribution in [-0.2, 0) is 11.0 Å². The minimum Gasteiger partial charge on any atom is -0.369 e. The number of halogens is 3. The van der Waals surface area contributed by atoms with Crippen LogP contribution in [0.1, 0.15) is 25.8 Å². The van der Waals surface area contributed by atoms with Crippen molar-refractivity contribution in [3.05, 3.63) is 29.8 Å². The average molecular weight is 357 g/mol. The van der Waals surface area contributed by atoms with Crippen molar-refractivity contribution in [2.24, 2.45) is 5.92 Å². The van der Waals surface area contributed by atoms with Crippen molar-refractivity contribution >= 4 is 11.6 Å². The van der Waals surface area contributed by atoms with Crippen molar-refractivity contribution in [1.29, 1.82) is 0 Å². The zero-order valence-electron chi connectivity index (χ0n) is 14.8. The molecule has 1 amide bonds. The van der Waals surface area contributed by atoms with E-state index in [1.807, 2.05) is 18.7 Å². The Hall–Kier alpha value is -1.76. The maximum atomic E-state index is 12.8. The third kappa shape index (κ3) is 5.92. The largest absolute Gasteiger partial charge is 0.416 e. The molecule has 4 nitrogen and oxygen atoms in total. The first-order valence-electron chi connectivity index (χ1n) is 8.69. The van der Waals surface area contributed by atoms with Crippen molar-refractivity contribution < 1.29 is 18.0 Å². The number of nitrogens with one attached hydrogen (secondary N) is 1. The van der Waals surface area contributed by atoms with Gasteiger partial charge in [0.2, 0.25) is 5.91 Å². The van der Waals surface area contributed by atoms with Gasteiger partial charge in [0.1, 0.15) is 0 Å². The molecule has 1 aliphatic rings. The van der Waals surface area contributed by atoms with Gasteiger partial charge in [-0.25, -0.2) is 0 Å². The molecule has 0 saturated carbocycles. The van der Waals surface area contributed by atoms with E-state index in [4.69, 9.17) is 0 Å². The van der Waals surface area contributed by atoms with Crippen LogP contribution in [0.5, 0.6) is 0 Å². The third-order valence-electron chi connectivity index (χ3n) is 4.39. The fraction of sp³-hybridized carbons (Fsp3) is 0.611. The summed E-state index contributed by atoms with van der Waals surface area (Å²) in [6, 6.07) is 5.51. The number of carbonyl (C=O) groups is 1. The molecule has 0 spiro atoms. The van der Waals surface area contributed by atoms with E-state index in [2.05, 4.69) is 10.2 Å². The van der Waals surface area contributed by atoms with Gasteiger partial charge in [-0.1, -0.05) is 19.9 Å². The first-order chi connectivity index (χ1) is 11.8. The lowest BCUT2D eigenvalue weighted by atomic mass is 10.1. The lowest BCUT2D eigenvalue weighted by Gasteiger charge is -2.36. The van der Waals surface area contributed by atoms with Crippen molar-refractivity contribution in [3.8, 4) is 0 Å². The van der Waals surface area contributed by atoms with Crippen molar-refractivity contribution in [3.63, 3.8) is 0 Å². The molecule has 0 aromatic heterocycles. The van der Waals surface area contributed by atoms with Crippen LogP contribution < -0.4 is 10.2 Å². The quantitative estimate of drug-likeness (QED) is 0.795. The Morgan fingerprint density at radius 1 is 1.20 bits per heavy atom. The van der Waals surface area contributed by atoms with E-state index >= 15 is 0 Å². The van der Waals surface area contributed by atoms with Crippen LogP contribution in [0.3, 0.4) is 0 Å². The van der Waals surface area contributed by atoms with Crippen LogP contribution in [0, 0.1) is 5.92 Å². The minimum atomic E-state index is -4.31. The molecule has 25 heavy (non-hydrogen) atoms. The molecule has 2 rings (SSSR count). The predicted molar refractivity (Wildman–Crippen MR) is 92.6 cm³/mol. The number of hydrogen-bond donors (Lipinski definition) is 1. The first-order valence-corrected chi connectivity index (χ1v) is 8.69. The molecule has 1 aliphatic heterocycles. The fourth-order valence-corrected chi connectivity index (χ4v) is 2.83. The van der Waals surface area contributed by atoms with E-state index in [0.29, 0.717) is 25.3 Å². The molecule has 1 N–H and O–H groups in total. The van der Waals surface area contributed by atoms with Gasteiger partial charge in [0, 0.05) is 44.3 Å². The number of carbonyl (C=O) groups excluding carboxylic acids is 1. The zero-order chi connectivity index (χ0) is 18.4. The molecule has 1 heterocycles. The number of rotatable bonds is 6. The topological polar surface area (TPSA) is 35.6 Å². The second-order valence-electron chi connectivity index (χ2n) is 6.68. The molecule has 0 bridgehead atoms. The zero-order valence-corrected chi connectivity index (χ0v) is 14.8. The molecule has 140 valence electrons. The number of nitrogens with zero attached hydrogens (tertiary/aromatic N) is 2. The highest BCUT2D eigenvalue weighted by atomic mass is 19.4. The maximum absolute atomic E-state index is 12.8. The van der Waals surface area contributed by atoms with Gasteiger partial charge in [-0.3, -0.25) is 9.69 Å². The van der Waals surface area contributed by atoms with Crippen LogP contribution in [0.4, 0.5) is 18.9 Å². The predicted octanol–water partition coefficient (Wildman–Crippen LogP) is 2.99. The van der Waals surface area contributed by atoms with Gasteiger partial charge in [-0.2, -0.15) is 13.2 Å². The van der Waals surface area contributed by atoms with E-state index in [0.717, 1.165) is 32.1 Å². The molecule has 1 fully saturated rings. The SMILES string of the molecule is CC(C)C(=O)NCCCN1CCN(c2cccc(C(F)(F)F)c2)CC1. The molecule has 1 saturated heterocycles. The molecule has 7 heteroatoms. The molecular weight excluding hydrogens is 331 g/mol. The van der Waals surface area contributed by atoms with Gasteiger partial charge in [0.15, 0.2) is 0 Å². The molecular formula is C18H26F3N3O. The Kier molecular flexibility index (Phi) is 6.70. The van der Waals surface area contributed by atoms with E-state index in [1.54, 1.807) is 6.07 Å². The molecule has 0 radical (unpaired) electrons. The van der Waals surface area contributed by atoms with E-state index < -0.39 is 11.7 Å². The summed E-state index contributed by atoms with van der Waals surface area (Å²) in [4.78, 5) is 15.8. The third-order valence-corrected chi connectivity index (χ3v) is 4.39. The summed E-state index contributed by atoms with van der Waals surface area (Å²) in [5, 5.41) is 2.89. The van der Waals surface area contributed by atoms with Crippen LogP contribution in [0.25, 0.3) is 0 Å². The Labute approximate surface area is 147 Å². The Balaban J connectivity index is 1.75. The van der Waals surface area contributed by atoms with E-state index in [1.165, 1.54) is 12.1 Å². The molecule has 0 atom stereocenters. The summed E-state index contributed by atoms with van der Waals surface area (Å²) >= 11 is 0. The smallest absolute Gasteiger partial charge is 0.369 e. The molecule has 1 aromatic carbocycles. The average Bonchev–Trinajstić information content (AvgIpc) is 2.58. The second-order valence-corrected chi connectivity index (χ2v) is 6.68. The highest BCUT2D eigenvalue weighted by Gasteiger charge is 2.31. The van der Waals surface area contributed by atoms with Gasteiger partial charge in [0.05, 0.1) is 5.56 Å². The highest BCUT2D eigenvalue weighted by molar-refractivity contribution is 5.77. The van der Waals surface area contributed by atoms with Crippen molar-refractivity contribution in [1.82, 2.24) is 10.2 Å². The van der Waals surface area contributed by atoms with E-state index in [9.17, 15) is 18.0 Å². The number of alkyl halides is 3. The summed E-state index contributed by atoms with van der Waals surface area (Å²) in [6.07, 6.45) is -3.43. The summed E-state index contributed by atoms with van der Waals surface area (Å²) in [5.41, 5.74) is 0.0204. The fourth-order valence-electron chi connectivity index (χ4n) is 2.83. The summed E-state index contributed by atoms with van der Waals surface area (Å²) < 4.78 is 38.5. The highest BCUT2D eigenvalue weighted by Crippen LogP contribution is 2.31. The van der Waals surface area contributed by atoms with Crippen LogP contribution in [0.15, 0.2) is 24.3 Å². The first kappa shape index (κ1) is 19.6. The van der Waals surface area contributed by atoms with Crippen LogP contribution in [0.2, 0.25) is 0 Å². The summed E-state index contributed by atoms with van der Waals surface area (Å²) in [5.74, 6) is 0.0605. The number of anilines is 1. The Morgan fingerprint density at radius 2 is 1.88 bits per heavy atom.